The highest BCUT2D eigenvalue weighted by Gasteiger charge is 2.08. The summed E-state index contributed by atoms with van der Waals surface area (Å²) in [5.74, 6) is 0. The molecule has 0 aliphatic rings. The first-order valence-corrected chi connectivity index (χ1v) is 5.63. The molecule has 80 valence electrons. The smallest absolute Gasteiger partial charge is 0.0959 e. The fraction of sp³-hybridized carbons (Fsp3) is 0.214. The topological polar surface area (TPSA) is 17.8 Å². The Balaban J connectivity index is 2.51. The van der Waals surface area contributed by atoms with E-state index < -0.39 is 0 Å². The van der Waals surface area contributed by atoms with Gasteiger partial charge in [0.1, 0.15) is 0 Å². The maximum atomic E-state index is 4.46. The van der Waals surface area contributed by atoms with Crippen molar-refractivity contribution >= 4 is 21.9 Å². The summed E-state index contributed by atoms with van der Waals surface area (Å²) < 4.78 is 2.22. The highest BCUT2D eigenvalue weighted by molar-refractivity contribution is 6.05. The van der Waals surface area contributed by atoms with E-state index in [4.69, 9.17) is 0 Å². The van der Waals surface area contributed by atoms with Gasteiger partial charge in [0.25, 0.3) is 0 Å². The zero-order chi connectivity index (χ0) is 11.1. The Labute approximate surface area is 94.5 Å². The maximum absolute atomic E-state index is 4.46. The van der Waals surface area contributed by atoms with Crippen molar-refractivity contribution in [2.45, 2.75) is 13.3 Å². The van der Waals surface area contributed by atoms with Crippen LogP contribution in [0.3, 0.4) is 0 Å². The summed E-state index contributed by atoms with van der Waals surface area (Å²) in [6.07, 6.45) is 2.93. The molecule has 0 saturated carbocycles. The minimum Gasteiger partial charge on any atom is -0.342 e. The van der Waals surface area contributed by atoms with Crippen LogP contribution in [-0.2, 0) is 13.5 Å². The molecule has 0 radical (unpaired) electrons. The van der Waals surface area contributed by atoms with Crippen molar-refractivity contribution in [3.8, 4) is 0 Å². The van der Waals surface area contributed by atoms with Crippen molar-refractivity contribution in [2.24, 2.45) is 7.05 Å². The summed E-state index contributed by atoms with van der Waals surface area (Å²) in [6.45, 7) is 2.18. The lowest BCUT2D eigenvalue weighted by atomic mass is 10.1. The average molecular weight is 210 g/mol. The summed E-state index contributed by atoms with van der Waals surface area (Å²) in [4.78, 5) is 4.46. The van der Waals surface area contributed by atoms with Crippen LogP contribution in [0.4, 0.5) is 0 Å². The van der Waals surface area contributed by atoms with Gasteiger partial charge in [-0.15, -0.1) is 0 Å². The van der Waals surface area contributed by atoms with Gasteiger partial charge in [-0.1, -0.05) is 19.1 Å². The van der Waals surface area contributed by atoms with E-state index in [0.717, 1.165) is 11.9 Å². The van der Waals surface area contributed by atoms with Gasteiger partial charge in [0.2, 0.25) is 0 Å². The Kier molecular flexibility index (Phi) is 1.96. The minimum atomic E-state index is 1.07. The Morgan fingerprint density at radius 2 is 2.06 bits per heavy atom. The predicted molar refractivity (Wildman–Crippen MR) is 67.6 cm³/mol. The second-order valence-electron chi connectivity index (χ2n) is 4.14. The van der Waals surface area contributed by atoms with E-state index in [1.807, 2.05) is 12.3 Å². The Morgan fingerprint density at radius 3 is 2.88 bits per heavy atom. The Hall–Kier alpha value is -1.83. The number of hydrogen-bond acceptors (Lipinski definition) is 1. The van der Waals surface area contributed by atoms with Crippen molar-refractivity contribution in [1.29, 1.82) is 0 Å². The number of benzene rings is 1. The quantitative estimate of drug-likeness (QED) is 0.602. The van der Waals surface area contributed by atoms with Crippen LogP contribution in [0.25, 0.3) is 21.9 Å². The SMILES string of the molecule is CCc1ccc2c3ncccc3n(C)c2c1. The van der Waals surface area contributed by atoms with E-state index >= 15 is 0 Å². The molecule has 16 heavy (non-hydrogen) atoms. The zero-order valence-corrected chi connectivity index (χ0v) is 9.57. The first-order chi connectivity index (χ1) is 7.81. The van der Waals surface area contributed by atoms with Gasteiger partial charge in [-0.25, -0.2) is 0 Å². The van der Waals surface area contributed by atoms with E-state index in [1.54, 1.807) is 0 Å². The monoisotopic (exact) mass is 210 g/mol. The van der Waals surface area contributed by atoms with Crippen molar-refractivity contribution in [2.75, 3.05) is 0 Å². The van der Waals surface area contributed by atoms with Gasteiger partial charge in [-0.05, 0) is 30.2 Å². The van der Waals surface area contributed by atoms with Crippen LogP contribution in [0.1, 0.15) is 12.5 Å². The van der Waals surface area contributed by atoms with Crippen LogP contribution in [0.5, 0.6) is 0 Å². The predicted octanol–water partition coefficient (Wildman–Crippen LogP) is 3.29. The van der Waals surface area contributed by atoms with Gasteiger partial charge < -0.3 is 4.57 Å². The van der Waals surface area contributed by atoms with Gasteiger partial charge >= 0.3 is 0 Å². The largest absolute Gasteiger partial charge is 0.342 e. The van der Waals surface area contributed by atoms with E-state index in [-0.39, 0.29) is 0 Å². The van der Waals surface area contributed by atoms with Crippen molar-refractivity contribution in [3.05, 3.63) is 42.1 Å². The third kappa shape index (κ3) is 1.16. The van der Waals surface area contributed by atoms with E-state index in [0.29, 0.717) is 0 Å². The molecular weight excluding hydrogens is 196 g/mol. The molecule has 0 fully saturated rings. The number of hydrogen-bond donors (Lipinski definition) is 0. The number of rotatable bonds is 1. The van der Waals surface area contributed by atoms with Crippen LogP contribution in [0.15, 0.2) is 36.5 Å². The van der Waals surface area contributed by atoms with Crippen molar-refractivity contribution < 1.29 is 0 Å². The number of pyridine rings is 1. The lowest BCUT2D eigenvalue weighted by Crippen LogP contribution is -1.87. The second-order valence-corrected chi connectivity index (χ2v) is 4.14. The highest BCUT2D eigenvalue weighted by Crippen LogP contribution is 2.26. The molecule has 0 bridgehead atoms. The van der Waals surface area contributed by atoms with E-state index in [9.17, 15) is 0 Å². The average Bonchev–Trinajstić information content (AvgIpc) is 2.64. The van der Waals surface area contributed by atoms with Crippen molar-refractivity contribution in [3.63, 3.8) is 0 Å². The lowest BCUT2D eigenvalue weighted by molar-refractivity contribution is 1.01. The molecule has 0 aliphatic carbocycles. The molecule has 0 aliphatic heterocycles. The Bertz CT molecular complexity index is 665. The summed E-state index contributed by atoms with van der Waals surface area (Å²) in [6, 6.07) is 10.7. The molecule has 2 nitrogen and oxygen atoms in total. The van der Waals surface area contributed by atoms with Crippen LogP contribution < -0.4 is 0 Å². The third-order valence-corrected chi connectivity index (χ3v) is 3.23. The third-order valence-electron chi connectivity index (χ3n) is 3.23. The standard InChI is InChI=1S/C14H14N2/c1-3-10-6-7-11-13(9-10)16(2)12-5-4-8-15-14(11)12/h4-9H,3H2,1-2H3. The molecule has 1 aromatic carbocycles. The van der Waals surface area contributed by atoms with E-state index in [1.165, 1.54) is 22.0 Å². The van der Waals surface area contributed by atoms with E-state index in [2.05, 4.69) is 47.8 Å². The number of aromatic nitrogens is 2. The van der Waals surface area contributed by atoms with Crippen molar-refractivity contribution in [1.82, 2.24) is 9.55 Å². The summed E-state index contributed by atoms with van der Waals surface area (Å²) >= 11 is 0. The molecule has 2 heteroatoms. The van der Waals surface area contributed by atoms with Gasteiger partial charge in [0, 0.05) is 18.6 Å². The molecule has 0 N–H and O–H groups in total. The highest BCUT2D eigenvalue weighted by atomic mass is 15.0. The van der Waals surface area contributed by atoms with Gasteiger partial charge in [-0.3, -0.25) is 4.98 Å². The second kappa shape index (κ2) is 3.34. The summed E-state index contributed by atoms with van der Waals surface area (Å²) in [5.41, 5.74) is 4.94. The molecule has 3 rings (SSSR count). The maximum Gasteiger partial charge on any atom is 0.0959 e. The molecule has 0 spiro atoms. The molecule has 3 aromatic rings. The molecule has 2 aromatic heterocycles. The first kappa shape index (κ1) is 9.40. The molecule has 2 heterocycles. The van der Waals surface area contributed by atoms with Gasteiger partial charge in [-0.2, -0.15) is 0 Å². The normalized spacial score (nSPS) is 11.4. The van der Waals surface area contributed by atoms with Crippen LogP contribution in [-0.4, -0.2) is 9.55 Å². The Morgan fingerprint density at radius 1 is 1.19 bits per heavy atom. The fourth-order valence-electron chi connectivity index (χ4n) is 2.28. The number of aryl methyl sites for hydroxylation is 2. The fourth-order valence-corrected chi connectivity index (χ4v) is 2.28. The zero-order valence-electron chi connectivity index (χ0n) is 9.57. The minimum absolute atomic E-state index is 1.07. The van der Waals surface area contributed by atoms with Crippen LogP contribution in [0, 0.1) is 0 Å². The molecule has 0 atom stereocenters. The summed E-state index contributed by atoms with van der Waals surface area (Å²) in [5, 5.41) is 1.25. The molecular formula is C14H14N2. The van der Waals surface area contributed by atoms with Crippen LogP contribution >= 0.6 is 0 Å². The number of nitrogens with zero attached hydrogens (tertiary/aromatic N) is 2. The molecule has 0 amide bonds. The van der Waals surface area contributed by atoms with Crippen LogP contribution in [0.2, 0.25) is 0 Å². The molecule has 0 saturated heterocycles. The first-order valence-electron chi connectivity index (χ1n) is 5.63. The van der Waals surface area contributed by atoms with Gasteiger partial charge in [0.05, 0.1) is 16.6 Å². The molecule has 0 unspecified atom stereocenters. The number of fused-ring (bicyclic) bond motifs is 3. The van der Waals surface area contributed by atoms with Gasteiger partial charge in [0.15, 0.2) is 0 Å². The lowest BCUT2D eigenvalue weighted by Gasteiger charge is -1.99. The summed E-state index contributed by atoms with van der Waals surface area (Å²) in [7, 11) is 2.10.